The Hall–Kier alpha value is -1.20. The van der Waals surface area contributed by atoms with Gasteiger partial charge in [0.25, 0.3) is 0 Å². The number of carboxylic acid groups (broad SMARTS) is 1. The van der Waals surface area contributed by atoms with Gasteiger partial charge in [-0.2, -0.15) is 0 Å². The molecule has 1 saturated carbocycles. The van der Waals surface area contributed by atoms with Gasteiger partial charge in [0.15, 0.2) is 0 Å². The van der Waals surface area contributed by atoms with Gasteiger partial charge >= 0.3 is 5.97 Å². The molecule has 0 amide bonds. The molecular weight excluding hydrogens is 326 g/mol. The molecule has 1 aromatic carbocycles. The van der Waals surface area contributed by atoms with E-state index in [0.717, 1.165) is 33.6 Å². The molecule has 1 N–H and O–H groups in total. The first kappa shape index (κ1) is 12.8. The average molecular weight is 338 g/mol. The second-order valence-electron chi connectivity index (χ2n) is 4.78. The third-order valence-electron chi connectivity index (χ3n) is 3.37. The lowest BCUT2D eigenvalue weighted by Gasteiger charge is -1.96. The lowest BCUT2D eigenvalue weighted by molar-refractivity contribution is -0.138. The Labute approximate surface area is 123 Å². The van der Waals surface area contributed by atoms with Gasteiger partial charge in [0.05, 0.1) is 16.6 Å². The van der Waals surface area contributed by atoms with Crippen molar-refractivity contribution in [2.75, 3.05) is 0 Å². The highest BCUT2D eigenvalue weighted by atomic mass is 79.9. The SMILES string of the molecule is O=C(O)C1CC1Cc1nc(-c2ccc(Br)cc2)cs1. The Bertz CT molecular complexity index is 608. The van der Waals surface area contributed by atoms with E-state index in [-0.39, 0.29) is 11.8 Å². The van der Waals surface area contributed by atoms with Crippen LogP contribution in [0.15, 0.2) is 34.1 Å². The van der Waals surface area contributed by atoms with Gasteiger partial charge in [-0.05, 0) is 24.5 Å². The first-order valence-corrected chi connectivity index (χ1v) is 7.74. The fourth-order valence-electron chi connectivity index (χ4n) is 2.16. The number of hydrogen-bond acceptors (Lipinski definition) is 3. The summed E-state index contributed by atoms with van der Waals surface area (Å²) in [6, 6.07) is 8.05. The maximum absolute atomic E-state index is 10.8. The molecule has 1 aromatic heterocycles. The monoisotopic (exact) mass is 337 g/mol. The summed E-state index contributed by atoms with van der Waals surface area (Å²) in [5.41, 5.74) is 2.07. The van der Waals surface area contributed by atoms with E-state index in [1.54, 1.807) is 11.3 Å². The minimum atomic E-state index is -0.672. The van der Waals surface area contributed by atoms with Crippen LogP contribution in [0.2, 0.25) is 0 Å². The van der Waals surface area contributed by atoms with Gasteiger partial charge in [-0.3, -0.25) is 4.79 Å². The summed E-state index contributed by atoms with van der Waals surface area (Å²) >= 11 is 5.03. The van der Waals surface area contributed by atoms with Crippen molar-refractivity contribution >= 4 is 33.2 Å². The van der Waals surface area contributed by atoms with Gasteiger partial charge in [0.2, 0.25) is 0 Å². The van der Waals surface area contributed by atoms with Gasteiger partial charge in [-0.1, -0.05) is 28.1 Å². The zero-order chi connectivity index (χ0) is 13.4. The lowest BCUT2D eigenvalue weighted by atomic mass is 10.2. The van der Waals surface area contributed by atoms with Crippen LogP contribution in [0.5, 0.6) is 0 Å². The topological polar surface area (TPSA) is 50.2 Å². The van der Waals surface area contributed by atoms with E-state index >= 15 is 0 Å². The Balaban J connectivity index is 1.70. The number of hydrogen-bond donors (Lipinski definition) is 1. The third-order valence-corrected chi connectivity index (χ3v) is 4.77. The predicted molar refractivity (Wildman–Crippen MR) is 78.2 cm³/mol. The summed E-state index contributed by atoms with van der Waals surface area (Å²) < 4.78 is 1.05. The summed E-state index contributed by atoms with van der Waals surface area (Å²) in [6.45, 7) is 0. The van der Waals surface area contributed by atoms with Gasteiger partial charge in [-0.15, -0.1) is 11.3 Å². The van der Waals surface area contributed by atoms with Gasteiger partial charge in [-0.25, -0.2) is 4.98 Å². The quantitative estimate of drug-likeness (QED) is 0.922. The van der Waals surface area contributed by atoms with Crippen LogP contribution in [0, 0.1) is 11.8 Å². The van der Waals surface area contributed by atoms with Gasteiger partial charge in [0.1, 0.15) is 0 Å². The van der Waals surface area contributed by atoms with Crippen molar-refractivity contribution in [1.29, 1.82) is 0 Å². The first-order chi connectivity index (χ1) is 9.13. The van der Waals surface area contributed by atoms with Crippen LogP contribution in [0.4, 0.5) is 0 Å². The molecule has 98 valence electrons. The Morgan fingerprint density at radius 3 is 2.79 bits per heavy atom. The second kappa shape index (κ2) is 5.06. The van der Waals surface area contributed by atoms with Crippen molar-refractivity contribution in [3.63, 3.8) is 0 Å². The summed E-state index contributed by atoms with van der Waals surface area (Å²) in [7, 11) is 0. The van der Waals surface area contributed by atoms with E-state index in [9.17, 15) is 4.79 Å². The largest absolute Gasteiger partial charge is 0.481 e. The van der Waals surface area contributed by atoms with Crippen LogP contribution < -0.4 is 0 Å². The van der Waals surface area contributed by atoms with Crippen LogP contribution in [-0.2, 0) is 11.2 Å². The van der Waals surface area contributed by atoms with Crippen LogP contribution in [0.25, 0.3) is 11.3 Å². The van der Waals surface area contributed by atoms with Crippen LogP contribution in [0.3, 0.4) is 0 Å². The molecule has 0 bridgehead atoms. The number of carbonyl (C=O) groups is 1. The number of halogens is 1. The molecule has 1 aliphatic carbocycles. The molecule has 3 nitrogen and oxygen atoms in total. The van der Waals surface area contributed by atoms with Crippen LogP contribution in [0.1, 0.15) is 11.4 Å². The highest BCUT2D eigenvalue weighted by molar-refractivity contribution is 9.10. The maximum Gasteiger partial charge on any atom is 0.306 e. The molecule has 1 aliphatic rings. The maximum atomic E-state index is 10.8. The van der Waals surface area contributed by atoms with E-state index in [1.807, 2.05) is 29.6 Å². The van der Waals surface area contributed by atoms with Gasteiger partial charge < -0.3 is 5.11 Å². The number of aliphatic carboxylic acids is 1. The molecule has 2 unspecified atom stereocenters. The number of aromatic nitrogens is 1. The van der Waals surface area contributed by atoms with E-state index in [0.29, 0.717) is 0 Å². The standard InChI is InChI=1S/C14H12BrNO2S/c15-10-3-1-8(2-4-10)12-7-19-13(16-12)6-9-5-11(9)14(17)18/h1-4,7,9,11H,5-6H2,(H,17,18). The minimum Gasteiger partial charge on any atom is -0.481 e. The fourth-order valence-corrected chi connectivity index (χ4v) is 3.32. The van der Waals surface area contributed by atoms with Crippen LogP contribution >= 0.6 is 27.3 Å². The minimum absolute atomic E-state index is 0.153. The molecule has 5 heteroatoms. The zero-order valence-corrected chi connectivity index (χ0v) is 12.4. The Kier molecular flexibility index (Phi) is 3.41. The predicted octanol–water partition coefficient (Wildman–Crippen LogP) is 3.84. The normalized spacial score (nSPS) is 21.3. The van der Waals surface area contributed by atoms with Crippen molar-refractivity contribution in [3.05, 3.63) is 39.1 Å². The summed E-state index contributed by atoms with van der Waals surface area (Å²) in [5, 5.41) is 12.0. The third kappa shape index (κ3) is 2.87. The van der Waals surface area contributed by atoms with E-state index in [4.69, 9.17) is 5.11 Å². The fraction of sp³-hybridized carbons (Fsp3) is 0.286. The van der Waals surface area contributed by atoms with E-state index < -0.39 is 5.97 Å². The molecular formula is C14H12BrNO2S. The number of nitrogens with zero attached hydrogens (tertiary/aromatic N) is 1. The number of rotatable bonds is 4. The van der Waals surface area contributed by atoms with Crippen molar-refractivity contribution < 1.29 is 9.90 Å². The van der Waals surface area contributed by atoms with Crippen molar-refractivity contribution in [1.82, 2.24) is 4.98 Å². The number of benzene rings is 1. The van der Waals surface area contributed by atoms with Crippen molar-refractivity contribution in [2.45, 2.75) is 12.8 Å². The van der Waals surface area contributed by atoms with Crippen molar-refractivity contribution in [2.24, 2.45) is 11.8 Å². The molecule has 0 saturated heterocycles. The molecule has 19 heavy (non-hydrogen) atoms. The van der Waals surface area contributed by atoms with Gasteiger partial charge in [0, 0.05) is 21.8 Å². The molecule has 1 heterocycles. The number of carboxylic acids is 1. The van der Waals surface area contributed by atoms with E-state index in [1.165, 1.54) is 0 Å². The molecule has 1 fully saturated rings. The van der Waals surface area contributed by atoms with Crippen LogP contribution in [-0.4, -0.2) is 16.1 Å². The molecule has 2 aromatic rings. The Morgan fingerprint density at radius 1 is 1.42 bits per heavy atom. The smallest absolute Gasteiger partial charge is 0.306 e. The number of thiazole rings is 1. The second-order valence-corrected chi connectivity index (χ2v) is 6.64. The summed E-state index contributed by atoms with van der Waals surface area (Å²) in [6.07, 6.45) is 1.58. The Morgan fingerprint density at radius 2 is 2.16 bits per heavy atom. The molecule has 0 spiro atoms. The summed E-state index contributed by atoms with van der Waals surface area (Å²) in [5.74, 6) is -0.545. The zero-order valence-electron chi connectivity index (χ0n) is 10.0. The molecule has 0 aliphatic heterocycles. The molecule has 2 atom stereocenters. The highest BCUT2D eigenvalue weighted by Gasteiger charge is 2.43. The molecule has 3 rings (SSSR count). The average Bonchev–Trinajstić information content (AvgIpc) is 2.99. The van der Waals surface area contributed by atoms with Crippen molar-refractivity contribution in [3.8, 4) is 11.3 Å². The highest BCUT2D eigenvalue weighted by Crippen LogP contribution is 2.41. The first-order valence-electron chi connectivity index (χ1n) is 6.06. The summed E-state index contributed by atoms with van der Waals surface area (Å²) in [4.78, 5) is 15.4. The molecule has 0 radical (unpaired) electrons. The lowest BCUT2D eigenvalue weighted by Crippen LogP contribution is -2.00. The van der Waals surface area contributed by atoms with E-state index in [2.05, 4.69) is 20.9 Å².